The Bertz CT molecular complexity index is 779. The molecule has 3 aliphatic rings. The summed E-state index contributed by atoms with van der Waals surface area (Å²) in [6.45, 7) is 0.955. The number of amides is 2. The topological polar surface area (TPSA) is 131 Å². The van der Waals surface area contributed by atoms with Gasteiger partial charge < -0.3 is 25.3 Å². The van der Waals surface area contributed by atoms with Crippen LogP contribution < -0.4 is 15.8 Å². The van der Waals surface area contributed by atoms with Crippen LogP contribution in [0.3, 0.4) is 0 Å². The lowest BCUT2D eigenvalue weighted by atomic mass is 9.79. The average Bonchev–Trinajstić information content (AvgIpc) is 3.33. The zero-order valence-corrected chi connectivity index (χ0v) is 15.5. The van der Waals surface area contributed by atoms with Gasteiger partial charge in [0, 0.05) is 0 Å². The third kappa shape index (κ3) is 3.59. The summed E-state index contributed by atoms with van der Waals surface area (Å²) < 4.78 is 16.5. The fraction of sp³-hybridized carbons (Fsp3) is 0.556. The Morgan fingerprint density at radius 3 is 2.79 bits per heavy atom. The number of epoxide rings is 1. The van der Waals surface area contributed by atoms with E-state index >= 15 is 0 Å². The van der Waals surface area contributed by atoms with Gasteiger partial charge in [-0.1, -0.05) is 17.4 Å². The van der Waals surface area contributed by atoms with Crippen LogP contribution in [-0.4, -0.2) is 61.1 Å². The molecule has 1 saturated heterocycles. The van der Waals surface area contributed by atoms with Gasteiger partial charge in [-0.15, -0.1) is 0 Å². The zero-order valence-electron chi connectivity index (χ0n) is 15.5. The molecule has 1 spiro atoms. The van der Waals surface area contributed by atoms with Crippen molar-refractivity contribution in [3.05, 3.63) is 29.8 Å². The summed E-state index contributed by atoms with van der Waals surface area (Å²) in [5, 5.41) is 13.0. The van der Waals surface area contributed by atoms with Crippen molar-refractivity contribution in [2.24, 2.45) is 16.1 Å². The maximum atomic E-state index is 11.9. The lowest BCUT2D eigenvalue weighted by molar-refractivity contribution is -0.117. The highest BCUT2D eigenvalue weighted by molar-refractivity contribution is 5.80. The van der Waals surface area contributed by atoms with Gasteiger partial charge >= 0.3 is 6.09 Å². The SMILES string of the molecule is COc1ccc(CN2N=NC3C(OC(=O)NCC(N)=O)CCC4(CO4)C32)cc1. The first kappa shape index (κ1) is 18.5. The second kappa shape index (κ2) is 7.27. The molecular formula is C18H23N5O5. The average molecular weight is 389 g/mol. The number of hydrogen-bond donors (Lipinski definition) is 2. The number of fused-ring (bicyclic) bond motifs is 2. The Morgan fingerprint density at radius 2 is 2.14 bits per heavy atom. The molecule has 2 heterocycles. The molecule has 2 amide bonds. The molecule has 1 aliphatic carbocycles. The standard InChI is InChI=1S/C18H23N5O5/c1-26-12-4-2-11(3-5-12)9-23-16-15(21-22-23)13(6-7-18(16)10-27-18)28-17(25)20-8-14(19)24/h2-5,13,15-16H,6-10H2,1H3,(H2,19,24)(H,20,25). The van der Waals surface area contributed by atoms with Crippen LogP contribution >= 0.6 is 0 Å². The van der Waals surface area contributed by atoms with E-state index in [9.17, 15) is 9.59 Å². The molecule has 0 radical (unpaired) electrons. The maximum Gasteiger partial charge on any atom is 0.407 e. The van der Waals surface area contributed by atoms with Crippen molar-refractivity contribution < 1.29 is 23.8 Å². The summed E-state index contributed by atoms with van der Waals surface area (Å²) in [5.41, 5.74) is 5.82. The van der Waals surface area contributed by atoms with Gasteiger partial charge in [-0.05, 0) is 30.5 Å². The van der Waals surface area contributed by atoms with Crippen LogP contribution in [0.25, 0.3) is 0 Å². The van der Waals surface area contributed by atoms with Gasteiger partial charge in [0.25, 0.3) is 0 Å². The van der Waals surface area contributed by atoms with Gasteiger partial charge in [-0.2, -0.15) is 5.11 Å². The monoisotopic (exact) mass is 389 g/mol. The van der Waals surface area contributed by atoms with Crippen molar-refractivity contribution >= 4 is 12.0 Å². The summed E-state index contributed by atoms with van der Waals surface area (Å²) in [5.74, 6) is 0.162. The first-order chi connectivity index (χ1) is 13.5. The Kier molecular flexibility index (Phi) is 4.80. The van der Waals surface area contributed by atoms with Crippen molar-refractivity contribution in [3.63, 3.8) is 0 Å². The summed E-state index contributed by atoms with van der Waals surface area (Å²) in [6, 6.07) is 7.36. The summed E-state index contributed by atoms with van der Waals surface area (Å²) in [4.78, 5) is 22.8. The van der Waals surface area contributed by atoms with E-state index in [1.807, 2.05) is 29.3 Å². The molecule has 4 atom stereocenters. The molecule has 10 heteroatoms. The molecule has 3 N–H and O–H groups in total. The minimum absolute atomic E-state index is 0.0997. The second-order valence-electron chi connectivity index (χ2n) is 7.24. The third-order valence-electron chi connectivity index (χ3n) is 5.40. The van der Waals surface area contributed by atoms with E-state index in [4.69, 9.17) is 19.9 Å². The van der Waals surface area contributed by atoms with Crippen LogP contribution in [0.5, 0.6) is 5.75 Å². The van der Waals surface area contributed by atoms with Gasteiger partial charge in [0.2, 0.25) is 5.91 Å². The number of nitrogens with zero attached hydrogens (tertiary/aromatic N) is 3. The number of primary amides is 1. The molecule has 0 aromatic heterocycles. The number of hydrogen-bond acceptors (Lipinski definition) is 8. The zero-order chi connectivity index (χ0) is 19.7. The lowest BCUT2D eigenvalue weighted by Crippen LogP contribution is -2.56. The van der Waals surface area contributed by atoms with Crippen LogP contribution in [0.1, 0.15) is 18.4 Å². The quantitative estimate of drug-likeness (QED) is 0.691. The minimum atomic E-state index is -0.681. The van der Waals surface area contributed by atoms with Gasteiger partial charge in [-0.3, -0.25) is 9.80 Å². The largest absolute Gasteiger partial charge is 0.497 e. The normalized spacial score (nSPS) is 30.0. The molecule has 2 aliphatic heterocycles. The number of nitrogens with two attached hydrogens (primary N) is 1. The molecule has 0 bridgehead atoms. The summed E-state index contributed by atoms with van der Waals surface area (Å²) >= 11 is 0. The van der Waals surface area contributed by atoms with E-state index in [0.717, 1.165) is 17.7 Å². The number of methoxy groups -OCH3 is 1. The predicted molar refractivity (Wildman–Crippen MR) is 96.4 cm³/mol. The van der Waals surface area contributed by atoms with Gasteiger partial charge in [-0.25, -0.2) is 4.79 Å². The maximum absolute atomic E-state index is 11.9. The van der Waals surface area contributed by atoms with Crippen LogP contribution in [0, 0.1) is 0 Å². The molecule has 4 rings (SSSR count). The van der Waals surface area contributed by atoms with Crippen LogP contribution in [0.15, 0.2) is 34.6 Å². The van der Waals surface area contributed by atoms with Crippen LogP contribution in [-0.2, 0) is 20.8 Å². The smallest absolute Gasteiger partial charge is 0.407 e. The molecule has 1 aromatic carbocycles. The fourth-order valence-corrected chi connectivity index (χ4v) is 3.91. The van der Waals surface area contributed by atoms with E-state index in [0.29, 0.717) is 19.6 Å². The Labute approximate surface area is 162 Å². The Balaban J connectivity index is 1.44. The van der Waals surface area contributed by atoms with E-state index in [1.165, 1.54) is 0 Å². The Hall–Kier alpha value is -2.88. The molecular weight excluding hydrogens is 366 g/mol. The van der Waals surface area contributed by atoms with Crippen molar-refractivity contribution in [1.29, 1.82) is 0 Å². The van der Waals surface area contributed by atoms with E-state index in [1.54, 1.807) is 7.11 Å². The van der Waals surface area contributed by atoms with Crippen molar-refractivity contribution in [2.45, 2.75) is 43.2 Å². The second-order valence-corrected chi connectivity index (χ2v) is 7.24. The van der Waals surface area contributed by atoms with Gasteiger partial charge in [0.15, 0.2) is 0 Å². The van der Waals surface area contributed by atoms with E-state index in [-0.39, 0.29) is 24.2 Å². The van der Waals surface area contributed by atoms with Crippen molar-refractivity contribution in [2.75, 3.05) is 20.3 Å². The number of alkyl carbamates (subject to hydrolysis) is 1. The van der Waals surface area contributed by atoms with Crippen molar-refractivity contribution in [3.8, 4) is 5.75 Å². The molecule has 2 fully saturated rings. The molecule has 28 heavy (non-hydrogen) atoms. The van der Waals surface area contributed by atoms with E-state index < -0.39 is 18.1 Å². The number of carbonyl (C=O) groups is 2. The predicted octanol–water partition coefficient (Wildman–Crippen LogP) is 0.758. The molecule has 1 aromatic rings. The van der Waals surface area contributed by atoms with Gasteiger partial charge in [0.05, 0.1) is 26.8 Å². The first-order valence-corrected chi connectivity index (χ1v) is 9.18. The lowest BCUT2D eigenvalue weighted by Gasteiger charge is -2.38. The van der Waals surface area contributed by atoms with Crippen molar-refractivity contribution in [1.82, 2.24) is 10.3 Å². The molecule has 1 saturated carbocycles. The minimum Gasteiger partial charge on any atom is -0.497 e. The molecule has 150 valence electrons. The van der Waals surface area contributed by atoms with Crippen LogP contribution in [0.4, 0.5) is 4.79 Å². The summed E-state index contributed by atoms with van der Waals surface area (Å²) in [7, 11) is 1.63. The fourth-order valence-electron chi connectivity index (χ4n) is 3.91. The van der Waals surface area contributed by atoms with E-state index in [2.05, 4.69) is 15.7 Å². The Morgan fingerprint density at radius 1 is 1.39 bits per heavy atom. The number of benzene rings is 1. The first-order valence-electron chi connectivity index (χ1n) is 9.18. The number of rotatable bonds is 6. The highest BCUT2D eigenvalue weighted by Gasteiger charge is 2.63. The number of ether oxygens (including phenoxy) is 3. The molecule has 4 unspecified atom stereocenters. The third-order valence-corrected chi connectivity index (χ3v) is 5.40. The summed E-state index contributed by atoms with van der Waals surface area (Å²) in [6.07, 6.45) is 0.267. The van der Waals surface area contributed by atoms with Crippen LogP contribution in [0.2, 0.25) is 0 Å². The van der Waals surface area contributed by atoms with Gasteiger partial charge in [0.1, 0.15) is 29.5 Å². The highest BCUT2D eigenvalue weighted by Crippen LogP contribution is 2.48. The number of carbonyl (C=O) groups excluding carboxylic acids is 2. The highest BCUT2D eigenvalue weighted by atomic mass is 16.6. The number of nitrogens with one attached hydrogen (secondary N) is 1. The molecule has 10 nitrogen and oxygen atoms in total.